The van der Waals surface area contributed by atoms with E-state index in [0.717, 1.165) is 40.8 Å². The summed E-state index contributed by atoms with van der Waals surface area (Å²) in [7, 11) is 1.94. The Bertz CT molecular complexity index is 1440. The van der Waals surface area contributed by atoms with Gasteiger partial charge in [0.15, 0.2) is 5.76 Å². The molecule has 6 rings (SSSR count). The lowest BCUT2D eigenvalue weighted by Crippen LogP contribution is -2.29. The number of fused-ring (bicyclic) bond motifs is 2. The van der Waals surface area contributed by atoms with E-state index in [0.29, 0.717) is 5.75 Å². The van der Waals surface area contributed by atoms with E-state index in [9.17, 15) is 9.90 Å². The molecule has 0 aliphatic carbocycles. The molecule has 4 aromatic rings. The monoisotopic (exact) mass is 451 g/mol. The topological polar surface area (TPSA) is 67.6 Å². The molecular weight excluding hydrogens is 426 g/mol. The van der Waals surface area contributed by atoms with Crippen molar-refractivity contribution in [2.75, 3.05) is 18.0 Å². The van der Waals surface area contributed by atoms with E-state index < -0.39 is 0 Å². The van der Waals surface area contributed by atoms with Crippen LogP contribution >= 0.6 is 0 Å². The maximum Gasteiger partial charge on any atom is 0.235 e. The first-order chi connectivity index (χ1) is 16.6. The molecule has 0 atom stereocenters. The Morgan fingerprint density at radius 1 is 1.03 bits per heavy atom. The first-order valence-corrected chi connectivity index (χ1v) is 11.7. The number of rotatable bonds is 3. The van der Waals surface area contributed by atoms with E-state index in [1.165, 1.54) is 31.0 Å². The lowest BCUT2D eigenvalue weighted by molar-refractivity contribution is 0.101. The Morgan fingerprint density at radius 2 is 1.82 bits per heavy atom. The molecule has 6 heteroatoms. The smallest absolute Gasteiger partial charge is 0.235 e. The number of Topliss-reactive ketones (excluding diaryl/α,β-unsaturated/α-hetero) is 1. The minimum atomic E-state index is -0.318. The molecule has 0 amide bonds. The van der Waals surface area contributed by atoms with E-state index >= 15 is 0 Å². The van der Waals surface area contributed by atoms with Crippen molar-refractivity contribution in [1.29, 1.82) is 0 Å². The predicted octanol–water partition coefficient (Wildman–Crippen LogP) is 5.55. The number of aromatic nitrogens is 2. The number of phenols is 1. The van der Waals surface area contributed by atoms with Crippen molar-refractivity contribution in [1.82, 2.24) is 9.55 Å². The molecule has 1 fully saturated rings. The van der Waals surface area contributed by atoms with Crippen LogP contribution in [0, 0.1) is 0 Å². The molecule has 34 heavy (non-hydrogen) atoms. The van der Waals surface area contributed by atoms with Crippen LogP contribution in [0.25, 0.3) is 28.2 Å². The molecule has 0 radical (unpaired) electrons. The predicted molar refractivity (Wildman–Crippen MR) is 133 cm³/mol. The number of benzene rings is 2. The Balaban J connectivity index is 1.42. The van der Waals surface area contributed by atoms with Crippen LogP contribution in [-0.2, 0) is 7.05 Å². The van der Waals surface area contributed by atoms with Crippen LogP contribution in [0.1, 0.15) is 35.2 Å². The molecule has 2 aliphatic rings. The molecule has 1 N–H and O–H groups in total. The van der Waals surface area contributed by atoms with Gasteiger partial charge in [-0.3, -0.25) is 4.79 Å². The molecule has 4 heterocycles. The van der Waals surface area contributed by atoms with E-state index in [1.54, 1.807) is 18.2 Å². The fourth-order valence-electron chi connectivity index (χ4n) is 5.05. The zero-order valence-corrected chi connectivity index (χ0v) is 19.0. The average molecular weight is 452 g/mol. The highest BCUT2D eigenvalue weighted by Crippen LogP contribution is 2.39. The summed E-state index contributed by atoms with van der Waals surface area (Å²) >= 11 is 0. The number of carbonyl (C=O) groups excluding carboxylic acids is 1. The van der Waals surface area contributed by atoms with Gasteiger partial charge in [0.25, 0.3) is 0 Å². The first-order valence-electron chi connectivity index (χ1n) is 11.7. The van der Waals surface area contributed by atoms with Crippen molar-refractivity contribution < 1.29 is 14.6 Å². The van der Waals surface area contributed by atoms with Gasteiger partial charge in [-0.25, -0.2) is 4.98 Å². The van der Waals surface area contributed by atoms with Crippen molar-refractivity contribution in [3.05, 3.63) is 77.8 Å². The number of allylic oxidation sites excluding steroid dienone is 1. The Labute approximate surface area is 197 Å². The number of aryl methyl sites for hydroxylation is 1. The van der Waals surface area contributed by atoms with E-state index in [1.807, 2.05) is 30.1 Å². The maximum absolute atomic E-state index is 12.9. The molecular formula is C28H25N3O3. The second-order valence-electron chi connectivity index (χ2n) is 8.94. The SMILES string of the molecule is Cn1cc(/C=C2\Oc3cccc(O)c3C2=O)c2c(-c3ccc(N4CCCCC4)cc3)ccnc21. The van der Waals surface area contributed by atoms with Gasteiger partial charge in [-0.2, -0.15) is 0 Å². The van der Waals surface area contributed by atoms with Gasteiger partial charge in [0, 0.05) is 49.2 Å². The summed E-state index contributed by atoms with van der Waals surface area (Å²) in [4.78, 5) is 20.0. The summed E-state index contributed by atoms with van der Waals surface area (Å²) in [5, 5.41) is 11.1. The van der Waals surface area contributed by atoms with Crippen LogP contribution < -0.4 is 9.64 Å². The summed E-state index contributed by atoms with van der Waals surface area (Å²) in [6, 6.07) is 15.6. The highest BCUT2D eigenvalue weighted by Gasteiger charge is 2.30. The van der Waals surface area contributed by atoms with Crippen molar-refractivity contribution in [3.63, 3.8) is 0 Å². The van der Waals surface area contributed by atoms with Gasteiger partial charge >= 0.3 is 0 Å². The number of phenolic OH excluding ortho intramolecular Hbond substituents is 1. The lowest BCUT2D eigenvalue weighted by atomic mass is 10.00. The molecule has 0 spiro atoms. The number of aromatic hydroxyl groups is 1. The minimum absolute atomic E-state index is 0.0695. The fourth-order valence-corrected chi connectivity index (χ4v) is 5.05. The summed E-state index contributed by atoms with van der Waals surface area (Å²) in [5.41, 5.74) is 5.28. The highest BCUT2D eigenvalue weighted by atomic mass is 16.5. The van der Waals surface area contributed by atoms with Crippen molar-refractivity contribution in [3.8, 4) is 22.6 Å². The molecule has 2 aliphatic heterocycles. The average Bonchev–Trinajstić information content (AvgIpc) is 3.37. The van der Waals surface area contributed by atoms with Crippen LogP contribution in [0.4, 0.5) is 5.69 Å². The molecule has 0 unspecified atom stereocenters. The number of carbonyl (C=O) groups is 1. The third-order valence-electron chi connectivity index (χ3n) is 6.75. The summed E-state index contributed by atoms with van der Waals surface area (Å²) in [6.45, 7) is 2.22. The normalized spacial score (nSPS) is 16.8. The fraction of sp³-hybridized carbons (Fsp3) is 0.214. The van der Waals surface area contributed by atoms with E-state index in [2.05, 4.69) is 34.1 Å². The first kappa shape index (κ1) is 20.5. The van der Waals surface area contributed by atoms with E-state index in [-0.39, 0.29) is 22.9 Å². The number of hydrogen-bond donors (Lipinski definition) is 1. The van der Waals surface area contributed by atoms with Crippen molar-refractivity contribution in [2.24, 2.45) is 7.05 Å². The van der Waals surface area contributed by atoms with Gasteiger partial charge in [-0.05, 0) is 66.8 Å². The Kier molecular flexibility index (Phi) is 4.87. The van der Waals surface area contributed by atoms with Crippen molar-refractivity contribution >= 4 is 28.6 Å². The zero-order valence-electron chi connectivity index (χ0n) is 19.0. The second-order valence-corrected chi connectivity index (χ2v) is 8.94. The number of pyridine rings is 1. The second kappa shape index (κ2) is 8.06. The minimum Gasteiger partial charge on any atom is -0.507 e. The molecule has 0 saturated carbocycles. The van der Waals surface area contributed by atoms with Crippen LogP contribution in [-0.4, -0.2) is 33.5 Å². The molecule has 1 saturated heterocycles. The molecule has 0 bridgehead atoms. The van der Waals surface area contributed by atoms with Gasteiger partial charge < -0.3 is 19.3 Å². The lowest BCUT2D eigenvalue weighted by Gasteiger charge is -2.28. The number of ether oxygens (including phenoxy) is 1. The number of anilines is 1. The van der Waals surface area contributed by atoms with E-state index in [4.69, 9.17) is 4.74 Å². The largest absolute Gasteiger partial charge is 0.507 e. The summed E-state index contributed by atoms with van der Waals surface area (Å²) in [5.74, 6) is 0.184. The van der Waals surface area contributed by atoms with Crippen LogP contribution in [0.5, 0.6) is 11.5 Å². The molecule has 170 valence electrons. The maximum atomic E-state index is 12.9. The third-order valence-corrected chi connectivity index (χ3v) is 6.75. The number of ketones is 1. The van der Waals surface area contributed by atoms with Gasteiger partial charge in [-0.15, -0.1) is 0 Å². The Hall–Kier alpha value is -4.06. The van der Waals surface area contributed by atoms with Gasteiger partial charge in [-0.1, -0.05) is 18.2 Å². The molecule has 6 nitrogen and oxygen atoms in total. The molecule has 2 aromatic heterocycles. The standard InChI is InChI=1S/C28H25N3O3/c1-30-17-19(16-24-27(33)26-22(32)6-5-7-23(26)34-24)25-21(12-13-29-28(25)30)18-8-10-20(11-9-18)31-14-3-2-4-15-31/h5-13,16-17,32H,2-4,14-15H2,1H3/b24-16-. The van der Waals surface area contributed by atoms with Gasteiger partial charge in [0.05, 0.1) is 0 Å². The van der Waals surface area contributed by atoms with Gasteiger partial charge in [0.2, 0.25) is 5.78 Å². The zero-order chi connectivity index (χ0) is 23.2. The van der Waals surface area contributed by atoms with Gasteiger partial charge in [0.1, 0.15) is 22.7 Å². The highest BCUT2D eigenvalue weighted by molar-refractivity contribution is 6.17. The number of piperidine rings is 1. The van der Waals surface area contributed by atoms with Crippen LogP contribution in [0.3, 0.4) is 0 Å². The van der Waals surface area contributed by atoms with Crippen LogP contribution in [0.2, 0.25) is 0 Å². The Morgan fingerprint density at radius 3 is 2.59 bits per heavy atom. The third kappa shape index (κ3) is 3.34. The van der Waals surface area contributed by atoms with Crippen molar-refractivity contribution in [2.45, 2.75) is 19.3 Å². The molecule has 2 aromatic carbocycles. The van der Waals surface area contributed by atoms with Crippen LogP contribution in [0.15, 0.2) is 66.7 Å². The summed E-state index contributed by atoms with van der Waals surface area (Å²) < 4.78 is 7.76. The quantitative estimate of drug-likeness (QED) is 0.414. The number of hydrogen-bond acceptors (Lipinski definition) is 5. The summed E-state index contributed by atoms with van der Waals surface area (Å²) in [6.07, 6.45) is 9.33. The number of nitrogens with zero attached hydrogens (tertiary/aromatic N) is 3.